The highest BCUT2D eigenvalue weighted by Gasteiger charge is 2.27. The lowest BCUT2D eigenvalue weighted by atomic mass is 10.1. The molecule has 1 saturated heterocycles. The zero-order chi connectivity index (χ0) is 20.2. The van der Waals surface area contributed by atoms with Crippen molar-refractivity contribution in [3.05, 3.63) is 59.3 Å². The number of hydrogen-bond acceptors (Lipinski definition) is 4. The second kappa shape index (κ2) is 8.95. The molecule has 0 unspecified atom stereocenters. The number of benzene rings is 1. The molecule has 1 aromatic carbocycles. The van der Waals surface area contributed by atoms with E-state index in [9.17, 15) is 4.79 Å². The van der Waals surface area contributed by atoms with Crippen molar-refractivity contribution in [2.75, 3.05) is 38.1 Å². The van der Waals surface area contributed by atoms with Gasteiger partial charge in [-0.05, 0) is 50.6 Å². The molecule has 1 aliphatic carbocycles. The summed E-state index contributed by atoms with van der Waals surface area (Å²) in [6, 6.07) is 12.5. The van der Waals surface area contributed by atoms with Gasteiger partial charge in [0.05, 0.1) is 0 Å². The summed E-state index contributed by atoms with van der Waals surface area (Å²) in [7, 11) is 2.16. The second-order valence-electron chi connectivity index (χ2n) is 8.55. The standard InChI is InChI=1S/C24H32N4O/c1-19-7-10-21(11-8-19)24(29)28(22-5-3-4-6-22)18-20-9-12-23(25-17-20)27-15-13-26(2)14-16-27/h7-12,17,22H,3-6,13-16,18H2,1-2H3. The summed E-state index contributed by atoms with van der Waals surface area (Å²) in [4.78, 5) is 24.8. The largest absolute Gasteiger partial charge is 0.354 e. The van der Waals surface area contributed by atoms with E-state index in [1.807, 2.05) is 30.5 Å². The van der Waals surface area contributed by atoms with E-state index in [1.54, 1.807) is 0 Å². The van der Waals surface area contributed by atoms with E-state index < -0.39 is 0 Å². The highest BCUT2D eigenvalue weighted by molar-refractivity contribution is 5.94. The predicted molar refractivity (Wildman–Crippen MR) is 117 cm³/mol. The van der Waals surface area contributed by atoms with Gasteiger partial charge in [0, 0.05) is 50.5 Å². The Kier molecular flexibility index (Phi) is 6.14. The van der Waals surface area contributed by atoms with Gasteiger partial charge in [0.25, 0.3) is 5.91 Å². The number of hydrogen-bond donors (Lipinski definition) is 0. The third-order valence-electron chi connectivity index (χ3n) is 6.31. The van der Waals surface area contributed by atoms with Crippen molar-refractivity contribution in [3.8, 4) is 0 Å². The van der Waals surface area contributed by atoms with Gasteiger partial charge >= 0.3 is 0 Å². The first-order valence-electron chi connectivity index (χ1n) is 10.9. The predicted octanol–water partition coefficient (Wildman–Crippen LogP) is 3.73. The zero-order valence-corrected chi connectivity index (χ0v) is 17.7. The van der Waals surface area contributed by atoms with Crippen molar-refractivity contribution in [1.29, 1.82) is 0 Å². The molecule has 2 aromatic rings. The van der Waals surface area contributed by atoms with Gasteiger partial charge in [-0.1, -0.05) is 36.6 Å². The van der Waals surface area contributed by atoms with Gasteiger partial charge in [-0.15, -0.1) is 0 Å². The maximum Gasteiger partial charge on any atom is 0.254 e. The first-order chi connectivity index (χ1) is 14.1. The van der Waals surface area contributed by atoms with Crippen molar-refractivity contribution < 1.29 is 4.79 Å². The normalized spacial score (nSPS) is 18.2. The van der Waals surface area contributed by atoms with Crippen LogP contribution in [0.1, 0.15) is 47.2 Å². The second-order valence-corrected chi connectivity index (χ2v) is 8.55. The summed E-state index contributed by atoms with van der Waals surface area (Å²) in [6.45, 7) is 6.86. The van der Waals surface area contributed by atoms with E-state index in [-0.39, 0.29) is 5.91 Å². The summed E-state index contributed by atoms with van der Waals surface area (Å²) in [6.07, 6.45) is 6.58. The van der Waals surface area contributed by atoms with Crippen LogP contribution in [0.3, 0.4) is 0 Å². The number of carbonyl (C=O) groups excluding carboxylic acids is 1. The zero-order valence-electron chi connectivity index (χ0n) is 17.7. The smallest absolute Gasteiger partial charge is 0.254 e. The van der Waals surface area contributed by atoms with Crippen LogP contribution < -0.4 is 4.90 Å². The van der Waals surface area contributed by atoms with Crippen LogP contribution in [-0.2, 0) is 6.54 Å². The van der Waals surface area contributed by atoms with E-state index in [0.29, 0.717) is 12.6 Å². The van der Waals surface area contributed by atoms with Crippen LogP contribution >= 0.6 is 0 Å². The average Bonchev–Trinajstić information content (AvgIpc) is 3.28. The number of anilines is 1. The fraction of sp³-hybridized carbons (Fsp3) is 0.500. The fourth-order valence-corrected chi connectivity index (χ4v) is 4.37. The van der Waals surface area contributed by atoms with Gasteiger partial charge in [0.2, 0.25) is 0 Å². The average molecular weight is 393 g/mol. The summed E-state index contributed by atoms with van der Waals surface area (Å²) in [5.74, 6) is 1.18. The van der Waals surface area contributed by atoms with Gasteiger partial charge < -0.3 is 14.7 Å². The van der Waals surface area contributed by atoms with Gasteiger partial charge in [0.15, 0.2) is 0 Å². The summed E-state index contributed by atoms with van der Waals surface area (Å²) in [5.41, 5.74) is 3.07. The molecule has 5 heteroatoms. The maximum absolute atomic E-state index is 13.3. The number of aryl methyl sites for hydroxylation is 1. The van der Waals surface area contributed by atoms with Crippen molar-refractivity contribution >= 4 is 11.7 Å². The third kappa shape index (κ3) is 4.78. The number of aromatic nitrogens is 1. The van der Waals surface area contributed by atoms with Crippen LogP contribution in [0.15, 0.2) is 42.6 Å². The van der Waals surface area contributed by atoms with Crippen LogP contribution in [0.4, 0.5) is 5.82 Å². The van der Waals surface area contributed by atoms with Crippen LogP contribution in [0.5, 0.6) is 0 Å². The Balaban J connectivity index is 1.48. The molecule has 0 bridgehead atoms. The van der Waals surface area contributed by atoms with Gasteiger partial charge in [-0.2, -0.15) is 0 Å². The number of carbonyl (C=O) groups is 1. The minimum atomic E-state index is 0.139. The van der Waals surface area contributed by atoms with E-state index >= 15 is 0 Å². The maximum atomic E-state index is 13.3. The van der Waals surface area contributed by atoms with Crippen LogP contribution in [0.25, 0.3) is 0 Å². The van der Waals surface area contributed by atoms with Gasteiger partial charge in [-0.3, -0.25) is 4.79 Å². The monoisotopic (exact) mass is 392 g/mol. The van der Waals surface area contributed by atoms with Crippen LogP contribution in [0.2, 0.25) is 0 Å². The third-order valence-corrected chi connectivity index (χ3v) is 6.31. The SMILES string of the molecule is Cc1ccc(C(=O)N(Cc2ccc(N3CCN(C)CC3)nc2)C2CCCC2)cc1. The molecule has 5 nitrogen and oxygen atoms in total. The van der Waals surface area contributed by atoms with Crippen molar-refractivity contribution in [3.63, 3.8) is 0 Å². The lowest BCUT2D eigenvalue weighted by Gasteiger charge is -2.33. The van der Waals surface area contributed by atoms with Gasteiger partial charge in [0.1, 0.15) is 5.82 Å². The Hall–Kier alpha value is -2.40. The Bertz CT molecular complexity index is 804. The Morgan fingerprint density at radius 2 is 1.72 bits per heavy atom. The van der Waals surface area contributed by atoms with Gasteiger partial charge in [-0.25, -0.2) is 4.98 Å². The Morgan fingerprint density at radius 3 is 2.34 bits per heavy atom. The highest BCUT2D eigenvalue weighted by Crippen LogP contribution is 2.27. The Morgan fingerprint density at radius 1 is 1.03 bits per heavy atom. The molecule has 0 atom stereocenters. The minimum Gasteiger partial charge on any atom is -0.354 e. The quantitative estimate of drug-likeness (QED) is 0.777. The minimum absolute atomic E-state index is 0.139. The Labute approximate surface area is 174 Å². The first-order valence-corrected chi connectivity index (χ1v) is 10.9. The molecular weight excluding hydrogens is 360 g/mol. The van der Waals surface area contributed by atoms with E-state index in [1.165, 1.54) is 18.4 Å². The molecule has 4 rings (SSSR count). The van der Waals surface area contributed by atoms with Crippen LogP contribution in [-0.4, -0.2) is 60.0 Å². The topological polar surface area (TPSA) is 39.7 Å². The molecule has 0 N–H and O–H groups in total. The van der Waals surface area contributed by atoms with Crippen molar-refractivity contribution in [1.82, 2.24) is 14.8 Å². The lowest BCUT2D eigenvalue weighted by molar-refractivity contribution is 0.0664. The molecule has 1 amide bonds. The molecule has 0 spiro atoms. The molecule has 2 heterocycles. The van der Waals surface area contributed by atoms with Crippen molar-refractivity contribution in [2.45, 2.75) is 45.2 Å². The molecule has 154 valence electrons. The molecule has 1 saturated carbocycles. The number of rotatable bonds is 5. The number of amides is 1. The molecule has 1 aromatic heterocycles. The van der Waals surface area contributed by atoms with E-state index in [0.717, 1.165) is 56.0 Å². The molecule has 2 fully saturated rings. The van der Waals surface area contributed by atoms with Crippen LogP contribution in [0, 0.1) is 6.92 Å². The number of pyridine rings is 1. The molecule has 2 aliphatic rings. The number of nitrogens with zero attached hydrogens (tertiary/aromatic N) is 4. The molecule has 29 heavy (non-hydrogen) atoms. The van der Waals surface area contributed by atoms with Crippen molar-refractivity contribution in [2.24, 2.45) is 0 Å². The van der Waals surface area contributed by atoms with E-state index in [2.05, 4.69) is 40.8 Å². The molecule has 0 radical (unpaired) electrons. The number of piperazine rings is 1. The van der Waals surface area contributed by atoms with E-state index in [4.69, 9.17) is 4.98 Å². The first kappa shape index (κ1) is 19.9. The highest BCUT2D eigenvalue weighted by atomic mass is 16.2. The number of likely N-dealkylation sites (N-methyl/N-ethyl adjacent to an activating group) is 1. The summed E-state index contributed by atoms with van der Waals surface area (Å²) < 4.78 is 0. The molecule has 1 aliphatic heterocycles. The fourth-order valence-electron chi connectivity index (χ4n) is 4.37. The summed E-state index contributed by atoms with van der Waals surface area (Å²) >= 11 is 0. The lowest BCUT2D eigenvalue weighted by Crippen LogP contribution is -2.44. The summed E-state index contributed by atoms with van der Waals surface area (Å²) in [5, 5.41) is 0. The molecular formula is C24H32N4O.